The molecule has 1 aromatic carbocycles. The molecule has 0 radical (unpaired) electrons. The third-order valence-corrected chi connectivity index (χ3v) is 3.59. The molecule has 0 saturated heterocycles. The smallest absolute Gasteiger partial charge is 0.372 e. The minimum Gasteiger partial charge on any atom is -0.475 e. The summed E-state index contributed by atoms with van der Waals surface area (Å²) in [6, 6.07) is 5.49. The number of hydrogen-bond acceptors (Lipinski definition) is 3. The summed E-state index contributed by atoms with van der Waals surface area (Å²) in [5.41, 5.74) is 1.42. The van der Waals surface area contributed by atoms with Gasteiger partial charge in [0, 0.05) is 18.6 Å². The van der Waals surface area contributed by atoms with Crippen LogP contribution in [-0.2, 0) is 0 Å². The topological polar surface area (TPSA) is 53.7 Å². The molecule has 1 aromatic heterocycles. The number of carboxylic acids is 1. The lowest BCUT2D eigenvalue weighted by atomic mass is 10.1. The van der Waals surface area contributed by atoms with Crippen LogP contribution in [0, 0.1) is 0 Å². The van der Waals surface area contributed by atoms with Gasteiger partial charge in [-0.15, -0.1) is 0 Å². The fourth-order valence-corrected chi connectivity index (χ4v) is 2.48. The van der Waals surface area contributed by atoms with Gasteiger partial charge in [0.1, 0.15) is 11.1 Å². The van der Waals surface area contributed by atoms with Crippen LogP contribution in [-0.4, -0.2) is 23.0 Å². The van der Waals surface area contributed by atoms with Crippen LogP contribution in [0.1, 0.15) is 27.2 Å². The molecule has 0 amide bonds. The Balaban J connectivity index is 2.45. The molecule has 3 rings (SSSR count). The maximum Gasteiger partial charge on any atom is 0.372 e. The Labute approximate surface area is 108 Å². The van der Waals surface area contributed by atoms with Gasteiger partial charge in [0.2, 0.25) is 5.76 Å². The zero-order valence-electron chi connectivity index (χ0n) is 9.55. The number of alkyl halides is 1. The Morgan fingerprint density at radius 1 is 1.50 bits per heavy atom. The largest absolute Gasteiger partial charge is 0.475 e. The molecule has 0 saturated carbocycles. The van der Waals surface area contributed by atoms with Crippen molar-refractivity contribution >= 4 is 34.6 Å². The van der Waals surface area contributed by atoms with Crippen molar-refractivity contribution in [3.05, 3.63) is 41.3 Å². The van der Waals surface area contributed by atoms with Gasteiger partial charge in [0.25, 0.3) is 0 Å². The summed E-state index contributed by atoms with van der Waals surface area (Å²) < 4.78 is 5.40. The second-order valence-electron chi connectivity index (χ2n) is 4.19. The van der Waals surface area contributed by atoms with Crippen LogP contribution in [0.15, 0.2) is 28.8 Å². The number of nitrogens with zero attached hydrogens (tertiary/aromatic N) is 1. The van der Waals surface area contributed by atoms with E-state index in [1.807, 2.05) is 24.4 Å². The van der Waals surface area contributed by atoms with E-state index in [1.165, 1.54) is 0 Å². The van der Waals surface area contributed by atoms with Crippen molar-refractivity contribution in [2.24, 2.45) is 0 Å². The zero-order valence-corrected chi connectivity index (χ0v) is 10.3. The minimum atomic E-state index is -1.10. The summed E-state index contributed by atoms with van der Waals surface area (Å²) >= 11 is 6.31. The van der Waals surface area contributed by atoms with Gasteiger partial charge >= 0.3 is 5.97 Å². The standard InChI is InChI=1S/C13H10ClNO3/c1-15-6-5-7-3-2-4-8-9(7)10(12(15)14)11(18-8)13(16)17/h2-6,12H,1H3,(H,16,17). The number of benzene rings is 1. The van der Waals surface area contributed by atoms with Crippen molar-refractivity contribution in [3.8, 4) is 0 Å². The summed E-state index contributed by atoms with van der Waals surface area (Å²) in [5.74, 6) is -1.19. The molecule has 2 aromatic rings. The summed E-state index contributed by atoms with van der Waals surface area (Å²) in [5, 5.41) is 9.99. The number of furan rings is 1. The second-order valence-corrected chi connectivity index (χ2v) is 4.60. The Morgan fingerprint density at radius 3 is 3.00 bits per heavy atom. The highest BCUT2D eigenvalue weighted by molar-refractivity contribution is 6.23. The monoisotopic (exact) mass is 263 g/mol. The summed E-state index contributed by atoms with van der Waals surface area (Å²) in [7, 11) is 1.80. The first-order valence-electron chi connectivity index (χ1n) is 5.42. The van der Waals surface area contributed by atoms with Gasteiger partial charge in [-0.2, -0.15) is 0 Å². The van der Waals surface area contributed by atoms with Crippen LogP contribution < -0.4 is 0 Å². The Bertz CT molecular complexity index is 674. The van der Waals surface area contributed by atoms with E-state index in [9.17, 15) is 9.90 Å². The number of rotatable bonds is 1. The zero-order chi connectivity index (χ0) is 12.9. The van der Waals surface area contributed by atoms with E-state index in [0.29, 0.717) is 11.1 Å². The third kappa shape index (κ3) is 1.42. The lowest BCUT2D eigenvalue weighted by Crippen LogP contribution is -2.15. The molecular weight excluding hydrogens is 254 g/mol. The van der Waals surface area contributed by atoms with Gasteiger partial charge in [-0.25, -0.2) is 4.79 Å². The Hall–Kier alpha value is -1.94. The van der Waals surface area contributed by atoms with Crippen LogP contribution in [0.5, 0.6) is 0 Å². The van der Waals surface area contributed by atoms with Crippen LogP contribution in [0.25, 0.3) is 17.0 Å². The molecule has 1 aliphatic rings. The lowest BCUT2D eigenvalue weighted by molar-refractivity contribution is 0.0662. The average Bonchev–Trinajstić information content (AvgIpc) is 2.69. The molecular formula is C13H10ClNO3. The second kappa shape index (κ2) is 3.78. The maximum absolute atomic E-state index is 11.3. The highest BCUT2D eigenvalue weighted by Crippen LogP contribution is 2.40. The minimum absolute atomic E-state index is 0.0898. The van der Waals surface area contributed by atoms with E-state index in [2.05, 4.69) is 0 Å². The Morgan fingerprint density at radius 2 is 2.28 bits per heavy atom. The first-order valence-corrected chi connectivity index (χ1v) is 5.86. The number of aromatic carboxylic acids is 1. The molecule has 5 heteroatoms. The molecule has 0 aliphatic carbocycles. The number of carbonyl (C=O) groups is 1. The highest BCUT2D eigenvalue weighted by atomic mass is 35.5. The molecule has 2 heterocycles. The number of carboxylic acid groups (broad SMARTS) is 1. The molecule has 1 atom stereocenters. The predicted octanol–water partition coefficient (Wildman–Crippen LogP) is 3.28. The first-order chi connectivity index (χ1) is 8.59. The van der Waals surface area contributed by atoms with Crippen molar-refractivity contribution in [1.82, 2.24) is 4.90 Å². The Kier molecular flexibility index (Phi) is 2.35. The van der Waals surface area contributed by atoms with Crippen LogP contribution in [0.2, 0.25) is 0 Å². The highest BCUT2D eigenvalue weighted by Gasteiger charge is 2.29. The molecule has 0 fully saturated rings. The molecule has 4 nitrogen and oxygen atoms in total. The number of hydrogen-bond donors (Lipinski definition) is 1. The summed E-state index contributed by atoms with van der Waals surface area (Å²) in [6.07, 6.45) is 3.73. The van der Waals surface area contributed by atoms with Crippen molar-refractivity contribution in [1.29, 1.82) is 0 Å². The molecule has 1 unspecified atom stereocenters. The molecule has 92 valence electrons. The molecule has 1 N–H and O–H groups in total. The van der Waals surface area contributed by atoms with Gasteiger partial charge in [-0.1, -0.05) is 23.7 Å². The van der Waals surface area contributed by atoms with Gasteiger partial charge in [-0.05, 0) is 17.7 Å². The lowest BCUT2D eigenvalue weighted by Gasteiger charge is -2.19. The van der Waals surface area contributed by atoms with Gasteiger partial charge in [0.15, 0.2) is 0 Å². The average molecular weight is 264 g/mol. The number of halogens is 1. The maximum atomic E-state index is 11.3. The van der Waals surface area contributed by atoms with E-state index in [0.717, 1.165) is 10.9 Å². The van der Waals surface area contributed by atoms with Crippen LogP contribution in [0.3, 0.4) is 0 Å². The fraction of sp³-hybridized carbons (Fsp3) is 0.154. The predicted molar refractivity (Wildman–Crippen MR) is 68.6 cm³/mol. The van der Waals surface area contributed by atoms with Crippen molar-refractivity contribution in [2.75, 3.05) is 7.05 Å². The van der Waals surface area contributed by atoms with Gasteiger partial charge in [0.05, 0.1) is 5.56 Å². The van der Waals surface area contributed by atoms with E-state index in [1.54, 1.807) is 18.0 Å². The van der Waals surface area contributed by atoms with Crippen molar-refractivity contribution in [2.45, 2.75) is 5.50 Å². The molecule has 0 spiro atoms. The molecule has 0 bridgehead atoms. The van der Waals surface area contributed by atoms with E-state index < -0.39 is 11.5 Å². The van der Waals surface area contributed by atoms with Gasteiger partial charge < -0.3 is 14.4 Å². The van der Waals surface area contributed by atoms with Crippen LogP contribution in [0.4, 0.5) is 0 Å². The fourth-order valence-electron chi connectivity index (χ4n) is 2.20. The molecule has 18 heavy (non-hydrogen) atoms. The summed E-state index contributed by atoms with van der Waals surface area (Å²) in [4.78, 5) is 13.0. The third-order valence-electron chi connectivity index (χ3n) is 3.06. The quantitative estimate of drug-likeness (QED) is 0.634. The SMILES string of the molecule is CN1C=Cc2cccc3oc(C(=O)O)c(c23)C1Cl. The van der Waals surface area contributed by atoms with Gasteiger partial charge in [-0.3, -0.25) is 0 Å². The summed E-state index contributed by atoms with van der Waals surface area (Å²) in [6.45, 7) is 0. The van der Waals surface area contributed by atoms with Crippen LogP contribution >= 0.6 is 11.6 Å². The molecule has 1 aliphatic heterocycles. The first kappa shape index (κ1) is 11.2. The van der Waals surface area contributed by atoms with E-state index in [-0.39, 0.29) is 5.76 Å². The van der Waals surface area contributed by atoms with E-state index in [4.69, 9.17) is 16.0 Å². The van der Waals surface area contributed by atoms with Crippen molar-refractivity contribution < 1.29 is 14.3 Å². The normalized spacial score (nSPS) is 18.1. The van der Waals surface area contributed by atoms with E-state index >= 15 is 0 Å². The van der Waals surface area contributed by atoms with Crippen molar-refractivity contribution in [3.63, 3.8) is 0 Å².